The largest absolute Gasteiger partial charge is 0.321 e. The molecule has 2 unspecified atom stereocenters. The Bertz CT molecular complexity index is 432. The van der Waals surface area contributed by atoms with Crippen LogP contribution in [0.3, 0.4) is 0 Å². The van der Waals surface area contributed by atoms with E-state index >= 15 is 0 Å². The lowest BCUT2D eigenvalue weighted by atomic mass is 9.82. The summed E-state index contributed by atoms with van der Waals surface area (Å²) in [5.74, 6) is 0.507. The van der Waals surface area contributed by atoms with Crippen LogP contribution >= 0.6 is 11.6 Å². The second kappa shape index (κ2) is 3.77. The number of para-hydroxylation sites is 1. The number of hydrogen-bond acceptors (Lipinski definition) is 1. The van der Waals surface area contributed by atoms with Gasteiger partial charge in [-0.2, -0.15) is 0 Å². The van der Waals surface area contributed by atoms with Crippen molar-refractivity contribution in [3.63, 3.8) is 0 Å². The SMILES string of the molecule is O=C(Cl)N1c2ccccc2C2CCCCC21. The molecule has 84 valence electrons. The van der Waals surface area contributed by atoms with Gasteiger partial charge in [0.15, 0.2) is 0 Å². The molecule has 0 spiro atoms. The summed E-state index contributed by atoms with van der Waals surface area (Å²) >= 11 is 5.72. The lowest BCUT2D eigenvalue weighted by molar-refractivity contribution is 0.259. The monoisotopic (exact) mass is 235 g/mol. The molecule has 2 nitrogen and oxygen atoms in total. The third kappa shape index (κ3) is 1.36. The summed E-state index contributed by atoms with van der Waals surface area (Å²) < 4.78 is 0. The van der Waals surface area contributed by atoms with Crippen LogP contribution in [0, 0.1) is 0 Å². The Hall–Kier alpha value is -1.02. The third-order valence-corrected chi connectivity index (χ3v) is 4.03. The number of amides is 1. The number of fused-ring (bicyclic) bond motifs is 3. The number of benzene rings is 1. The Morgan fingerprint density at radius 3 is 2.81 bits per heavy atom. The van der Waals surface area contributed by atoms with E-state index in [1.807, 2.05) is 18.2 Å². The van der Waals surface area contributed by atoms with Crippen molar-refractivity contribution >= 4 is 22.7 Å². The topological polar surface area (TPSA) is 20.3 Å². The van der Waals surface area contributed by atoms with Crippen molar-refractivity contribution in [1.29, 1.82) is 0 Å². The molecule has 0 saturated heterocycles. The standard InChI is InChI=1S/C13H14ClNO/c14-13(16)15-11-7-3-1-5-9(11)10-6-2-4-8-12(10)15/h1,3,5,7,10,12H,2,4,6,8H2. The minimum absolute atomic E-state index is 0.302. The number of anilines is 1. The molecule has 0 bridgehead atoms. The Balaban J connectivity index is 2.09. The number of carbonyl (C=O) groups excluding carboxylic acids is 1. The minimum Gasteiger partial charge on any atom is -0.295 e. The quantitative estimate of drug-likeness (QED) is 0.494. The second-order valence-electron chi connectivity index (χ2n) is 4.64. The highest BCUT2D eigenvalue weighted by molar-refractivity contribution is 6.66. The average molecular weight is 236 g/mol. The van der Waals surface area contributed by atoms with E-state index in [9.17, 15) is 4.79 Å². The van der Waals surface area contributed by atoms with E-state index in [4.69, 9.17) is 11.6 Å². The molecule has 1 saturated carbocycles. The maximum atomic E-state index is 11.6. The number of carbonyl (C=O) groups is 1. The van der Waals surface area contributed by atoms with Gasteiger partial charge in [-0.05, 0) is 36.1 Å². The molecule has 1 fully saturated rings. The number of nitrogens with zero attached hydrogens (tertiary/aromatic N) is 1. The molecule has 1 aromatic rings. The maximum Gasteiger partial charge on any atom is 0.321 e. The molecule has 1 aromatic carbocycles. The molecule has 2 aliphatic rings. The summed E-state index contributed by atoms with van der Waals surface area (Å²) in [6, 6.07) is 8.47. The summed E-state index contributed by atoms with van der Waals surface area (Å²) in [6.07, 6.45) is 4.73. The first-order chi connectivity index (χ1) is 7.79. The van der Waals surface area contributed by atoms with Gasteiger partial charge in [0.2, 0.25) is 0 Å². The molecule has 3 rings (SSSR count). The predicted octanol–water partition coefficient (Wildman–Crippen LogP) is 3.89. The molecule has 16 heavy (non-hydrogen) atoms. The molecule has 1 amide bonds. The zero-order chi connectivity index (χ0) is 11.1. The highest BCUT2D eigenvalue weighted by atomic mass is 35.5. The van der Waals surface area contributed by atoms with Crippen molar-refractivity contribution < 1.29 is 4.79 Å². The summed E-state index contributed by atoms with van der Waals surface area (Å²) in [4.78, 5) is 13.3. The van der Waals surface area contributed by atoms with Gasteiger partial charge in [0.05, 0.1) is 0 Å². The molecule has 1 aliphatic heterocycles. The predicted molar refractivity (Wildman–Crippen MR) is 65.2 cm³/mol. The van der Waals surface area contributed by atoms with Crippen molar-refractivity contribution in [2.75, 3.05) is 4.90 Å². The molecular weight excluding hydrogens is 222 g/mol. The van der Waals surface area contributed by atoms with E-state index in [1.54, 1.807) is 4.90 Å². The van der Waals surface area contributed by atoms with Crippen molar-refractivity contribution in [2.45, 2.75) is 37.6 Å². The van der Waals surface area contributed by atoms with Crippen LogP contribution < -0.4 is 4.90 Å². The highest BCUT2D eigenvalue weighted by Crippen LogP contribution is 2.47. The molecule has 0 radical (unpaired) electrons. The van der Waals surface area contributed by atoms with Gasteiger partial charge in [-0.1, -0.05) is 31.0 Å². The van der Waals surface area contributed by atoms with E-state index < -0.39 is 0 Å². The van der Waals surface area contributed by atoms with Gasteiger partial charge >= 0.3 is 5.37 Å². The van der Waals surface area contributed by atoms with E-state index in [2.05, 4.69) is 6.07 Å². The Labute approximate surface area is 100 Å². The first kappa shape index (κ1) is 10.2. The number of halogens is 1. The summed E-state index contributed by atoms with van der Waals surface area (Å²) in [6.45, 7) is 0. The Kier molecular flexibility index (Phi) is 2.40. The normalized spacial score (nSPS) is 27.4. The molecular formula is C13H14ClNO. The third-order valence-electron chi connectivity index (χ3n) is 3.85. The Morgan fingerprint density at radius 1 is 1.25 bits per heavy atom. The molecule has 0 aromatic heterocycles. The van der Waals surface area contributed by atoms with Crippen LogP contribution in [0.4, 0.5) is 10.5 Å². The number of hydrogen-bond donors (Lipinski definition) is 0. The van der Waals surface area contributed by atoms with Crippen molar-refractivity contribution in [2.24, 2.45) is 0 Å². The molecule has 2 atom stereocenters. The van der Waals surface area contributed by atoms with E-state index in [0.717, 1.165) is 12.1 Å². The number of rotatable bonds is 0. The Morgan fingerprint density at radius 2 is 2.00 bits per heavy atom. The van der Waals surface area contributed by atoms with Crippen LogP contribution in [0.2, 0.25) is 0 Å². The van der Waals surface area contributed by atoms with Crippen LogP contribution in [-0.2, 0) is 0 Å². The lowest BCUT2D eigenvalue weighted by Crippen LogP contribution is -2.37. The van der Waals surface area contributed by atoms with Crippen molar-refractivity contribution in [1.82, 2.24) is 0 Å². The minimum atomic E-state index is -0.332. The maximum absolute atomic E-state index is 11.6. The second-order valence-corrected chi connectivity index (χ2v) is 4.96. The lowest BCUT2D eigenvalue weighted by Gasteiger charge is -2.30. The summed E-state index contributed by atoms with van der Waals surface area (Å²) in [5, 5.41) is -0.332. The molecule has 1 heterocycles. The first-order valence-electron chi connectivity index (χ1n) is 5.86. The van der Waals surface area contributed by atoms with Gasteiger partial charge in [0.25, 0.3) is 0 Å². The van der Waals surface area contributed by atoms with Gasteiger partial charge in [0.1, 0.15) is 0 Å². The van der Waals surface area contributed by atoms with Crippen LogP contribution in [0.15, 0.2) is 24.3 Å². The average Bonchev–Trinajstić information content (AvgIpc) is 2.63. The van der Waals surface area contributed by atoms with Gasteiger partial charge in [-0.15, -0.1) is 0 Å². The summed E-state index contributed by atoms with van der Waals surface area (Å²) in [7, 11) is 0. The van der Waals surface area contributed by atoms with E-state index in [0.29, 0.717) is 12.0 Å². The van der Waals surface area contributed by atoms with Crippen LogP contribution in [0.1, 0.15) is 37.2 Å². The van der Waals surface area contributed by atoms with Gasteiger partial charge in [-0.25, -0.2) is 0 Å². The zero-order valence-electron chi connectivity index (χ0n) is 9.03. The van der Waals surface area contributed by atoms with Gasteiger partial charge < -0.3 is 0 Å². The fraction of sp³-hybridized carbons (Fsp3) is 0.462. The van der Waals surface area contributed by atoms with Crippen molar-refractivity contribution in [3.05, 3.63) is 29.8 Å². The molecule has 0 N–H and O–H groups in total. The molecule has 3 heteroatoms. The van der Waals surface area contributed by atoms with E-state index in [1.165, 1.54) is 24.8 Å². The summed E-state index contributed by atoms with van der Waals surface area (Å²) in [5.41, 5.74) is 2.33. The van der Waals surface area contributed by atoms with Crippen LogP contribution in [-0.4, -0.2) is 11.4 Å². The zero-order valence-corrected chi connectivity index (χ0v) is 9.78. The van der Waals surface area contributed by atoms with Crippen LogP contribution in [0.25, 0.3) is 0 Å². The fourth-order valence-corrected chi connectivity index (χ4v) is 3.42. The fourth-order valence-electron chi connectivity index (χ4n) is 3.21. The van der Waals surface area contributed by atoms with Gasteiger partial charge in [-0.3, -0.25) is 9.69 Å². The van der Waals surface area contributed by atoms with Gasteiger partial charge in [0, 0.05) is 17.6 Å². The van der Waals surface area contributed by atoms with Crippen LogP contribution in [0.5, 0.6) is 0 Å². The first-order valence-corrected chi connectivity index (χ1v) is 6.24. The molecule has 1 aliphatic carbocycles. The highest BCUT2D eigenvalue weighted by Gasteiger charge is 2.41. The van der Waals surface area contributed by atoms with Crippen molar-refractivity contribution in [3.8, 4) is 0 Å². The van der Waals surface area contributed by atoms with E-state index in [-0.39, 0.29) is 5.37 Å². The smallest absolute Gasteiger partial charge is 0.295 e.